The summed E-state index contributed by atoms with van der Waals surface area (Å²) in [6, 6.07) is 10.2. The first-order chi connectivity index (χ1) is 16.7. The molecule has 2 aromatic rings. The predicted molar refractivity (Wildman–Crippen MR) is 134 cm³/mol. The molecule has 1 aromatic carbocycles. The number of aromatic nitrogens is 1. The predicted octanol–water partition coefficient (Wildman–Crippen LogP) is 6.09. The van der Waals surface area contributed by atoms with Gasteiger partial charge in [-0.15, -0.1) is 0 Å². The molecule has 7 nitrogen and oxygen atoms in total. The fourth-order valence-electron chi connectivity index (χ4n) is 4.09. The maximum absolute atomic E-state index is 13.5. The Morgan fingerprint density at radius 2 is 1.80 bits per heavy atom. The van der Waals surface area contributed by atoms with Crippen LogP contribution in [-0.2, 0) is 4.79 Å². The minimum atomic E-state index is -3.06. The number of hydrogen-bond donors (Lipinski definition) is 2. The van der Waals surface area contributed by atoms with Gasteiger partial charge in [0.2, 0.25) is 11.8 Å². The number of nitrogens with one attached hydrogen (secondary N) is 2. The number of urea groups is 1. The Hall–Kier alpha value is -3.23. The molecule has 1 aliphatic carbocycles. The van der Waals surface area contributed by atoms with E-state index in [1.54, 1.807) is 24.9 Å². The summed E-state index contributed by atoms with van der Waals surface area (Å²) in [7, 11) is 1.60. The smallest absolute Gasteiger partial charge is 0.388 e. The standard InChI is InChI=1S/C24H30F2N4O3.C2H6/c1-14(2)18-7-5-6-8-20(18)30(17-11-16(12-17)13-21(31)27-4)24(32)29-19-10-9-15(3)28-22(19)33-23(25)26;1-2/h5-10,14,16-17,23H,11-13H2,1-4H3,(H,27,31)(H,29,32);1-2H3. The van der Waals surface area contributed by atoms with Crippen LogP contribution in [-0.4, -0.2) is 36.6 Å². The zero-order valence-corrected chi connectivity index (χ0v) is 21.3. The van der Waals surface area contributed by atoms with Crippen molar-refractivity contribution >= 4 is 23.3 Å². The van der Waals surface area contributed by atoms with Crippen molar-refractivity contribution in [3.05, 3.63) is 47.7 Å². The van der Waals surface area contributed by atoms with Crippen molar-refractivity contribution < 1.29 is 23.1 Å². The van der Waals surface area contributed by atoms with Crippen LogP contribution in [0.4, 0.5) is 25.0 Å². The number of rotatable bonds is 8. The topological polar surface area (TPSA) is 83.6 Å². The molecule has 2 N–H and O–H groups in total. The Balaban J connectivity index is 0.00000210. The monoisotopic (exact) mass is 490 g/mol. The first-order valence-electron chi connectivity index (χ1n) is 12.0. The largest absolute Gasteiger partial charge is 0.415 e. The average molecular weight is 491 g/mol. The van der Waals surface area contributed by atoms with Crippen LogP contribution in [0.15, 0.2) is 36.4 Å². The quantitative estimate of drug-likeness (QED) is 0.469. The van der Waals surface area contributed by atoms with Gasteiger partial charge in [-0.1, -0.05) is 45.9 Å². The second-order valence-electron chi connectivity index (χ2n) is 8.57. The number of ether oxygens (including phenoxy) is 1. The first kappa shape index (κ1) is 28.0. The van der Waals surface area contributed by atoms with E-state index in [1.807, 2.05) is 52.0 Å². The number of nitrogens with zero attached hydrogens (tertiary/aromatic N) is 2. The van der Waals surface area contributed by atoms with Crippen LogP contribution in [0.2, 0.25) is 0 Å². The molecule has 0 bridgehead atoms. The van der Waals surface area contributed by atoms with Crippen LogP contribution >= 0.6 is 0 Å². The van der Waals surface area contributed by atoms with Gasteiger partial charge < -0.3 is 15.4 Å². The number of para-hydroxylation sites is 1. The van der Waals surface area contributed by atoms with Gasteiger partial charge in [0.25, 0.3) is 0 Å². The molecule has 3 amide bonds. The van der Waals surface area contributed by atoms with E-state index >= 15 is 0 Å². The van der Waals surface area contributed by atoms with E-state index in [0.29, 0.717) is 25.0 Å². The third-order valence-corrected chi connectivity index (χ3v) is 5.81. The highest BCUT2D eigenvalue weighted by Gasteiger charge is 2.39. The van der Waals surface area contributed by atoms with Crippen LogP contribution in [0.3, 0.4) is 0 Å². The minimum Gasteiger partial charge on any atom is -0.415 e. The van der Waals surface area contributed by atoms with E-state index in [4.69, 9.17) is 0 Å². The molecule has 1 fully saturated rings. The van der Waals surface area contributed by atoms with Gasteiger partial charge >= 0.3 is 12.6 Å². The fraction of sp³-hybridized carbons (Fsp3) is 0.500. The third kappa shape index (κ3) is 7.37. The second kappa shape index (κ2) is 13.0. The summed E-state index contributed by atoms with van der Waals surface area (Å²) in [5.74, 6) is -0.0228. The number of alkyl halides is 2. The molecule has 192 valence electrons. The summed E-state index contributed by atoms with van der Waals surface area (Å²) >= 11 is 0. The highest BCUT2D eigenvalue weighted by atomic mass is 19.3. The van der Waals surface area contributed by atoms with Crippen LogP contribution in [0.1, 0.15) is 64.1 Å². The number of hydrogen-bond acceptors (Lipinski definition) is 4. The molecule has 3 rings (SSSR count). The van der Waals surface area contributed by atoms with Crippen molar-refractivity contribution in [1.82, 2.24) is 10.3 Å². The molecule has 1 aliphatic rings. The molecule has 1 heterocycles. The SMILES string of the molecule is CC.CNC(=O)CC1CC(N(C(=O)Nc2ccc(C)nc2OC(F)F)c2ccccc2C(C)C)C1. The Labute approximate surface area is 206 Å². The lowest BCUT2D eigenvalue weighted by atomic mass is 9.76. The van der Waals surface area contributed by atoms with E-state index in [1.165, 1.54) is 6.07 Å². The number of carbonyl (C=O) groups is 2. The molecule has 9 heteroatoms. The molecular formula is C26H36F2N4O3. The number of pyridine rings is 1. The lowest BCUT2D eigenvalue weighted by Gasteiger charge is -2.43. The summed E-state index contributed by atoms with van der Waals surface area (Å²) in [6.07, 6.45) is 1.74. The summed E-state index contributed by atoms with van der Waals surface area (Å²) in [5.41, 5.74) is 2.30. The molecule has 1 saturated carbocycles. The normalized spacial score (nSPS) is 16.6. The van der Waals surface area contributed by atoms with Gasteiger partial charge in [-0.2, -0.15) is 8.78 Å². The Morgan fingerprint density at radius 1 is 1.14 bits per heavy atom. The van der Waals surface area contributed by atoms with Crippen LogP contribution < -0.4 is 20.3 Å². The van der Waals surface area contributed by atoms with Gasteiger partial charge in [0.1, 0.15) is 5.69 Å². The number of amides is 3. The molecule has 0 atom stereocenters. The van der Waals surface area contributed by atoms with E-state index in [9.17, 15) is 18.4 Å². The number of carbonyl (C=O) groups excluding carboxylic acids is 2. The molecular weight excluding hydrogens is 454 g/mol. The minimum absolute atomic E-state index is 0.0310. The molecule has 0 aliphatic heterocycles. The zero-order chi connectivity index (χ0) is 26.1. The molecule has 35 heavy (non-hydrogen) atoms. The number of aryl methyl sites for hydroxylation is 1. The zero-order valence-electron chi connectivity index (χ0n) is 21.3. The van der Waals surface area contributed by atoms with Gasteiger partial charge in [-0.3, -0.25) is 9.69 Å². The molecule has 1 aromatic heterocycles. The van der Waals surface area contributed by atoms with Gasteiger partial charge in [0.05, 0.1) is 0 Å². The van der Waals surface area contributed by atoms with Gasteiger partial charge in [-0.25, -0.2) is 9.78 Å². The second-order valence-corrected chi connectivity index (χ2v) is 8.57. The summed E-state index contributed by atoms with van der Waals surface area (Å²) in [6.45, 7) is 6.67. The van der Waals surface area contributed by atoms with Crippen molar-refractivity contribution in [3.8, 4) is 5.88 Å². The average Bonchev–Trinajstić information content (AvgIpc) is 2.80. The van der Waals surface area contributed by atoms with Crippen LogP contribution in [0.25, 0.3) is 0 Å². The van der Waals surface area contributed by atoms with Gasteiger partial charge in [0, 0.05) is 30.9 Å². The Kier molecular flexibility index (Phi) is 10.4. The highest BCUT2D eigenvalue weighted by molar-refractivity contribution is 6.03. The van der Waals surface area contributed by atoms with Crippen molar-refractivity contribution in [2.45, 2.75) is 72.5 Å². The van der Waals surface area contributed by atoms with Crippen molar-refractivity contribution in [3.63, 3.8) is 0 Å². The van der Waals surface area contributed by atoms with Crippen molar-refractivity contribution in [2.75, 3.05) is 17.3 Å². The number of halogens is 2. The maximum Gasteiger partial charge on any atom is 0.388 e. The van der Waals surface area contributed by atoms with Crippen molar-refractivity contribution in [2.24, 2.45) is 5.92 Å². The molecule has 0 spiro atoms. The lowest BCUT2D eigenvalue weighted by molar-refractivity contribution is -0.122. The van der Waals surface area contributed by atoms with E-state index < -0.39 is 12.6 Å². The van der Waals surface area contributed by atoms with E-state index in [0.717, 1.165) is 11.3 Å². The van der Waals surface area contributed by atoms with Crippen LogP contribution in [0.5, 0.6) is 5.88 Å². The van der Waals surface area contributed by atoms with Gasteiger partial charge in [0.15, 0.2) is 0 Å². The summed E-state index contributed by atoms with van der Waals surface area (Å²) in [5, 5.41) is 5.34. The molecule has 0 saturated heterocycles. The Morgan fingerprint density at radius 3 is 2.40 bits per heavy atom. The van der Waals surface area contributed by atoms with Gasteiger partial charge in [-0.05, 0) is 55.4 Å². The number of benzene rings is 1. The lowest BCUT2D eigenvalue weighted by Crippen LogP contribution is -2.51. The van der Waals surface area contributed by atoms with Crippen LogP contribution in [0, 0.1) is 12.8 Å². The summed E-state index contributed by atoms with van der Waals surface area (Å²) in [4.78, 5) is 30.9. The fourth-order valence-corrected chi connectivity index (χ4v) is 4.09. The summed E-state index contributed by atoms with van der Waals surface area (Å²) < 4.78 is 30.3. The third-order valence-electron chi connectivity index (χ3n) is 5.81. The molecule has 0 unspecified atom stereocenters. The van der Waals surface area contributed by atoms with Crippen molar-refractivity contribution in [1.29, 1.82) is 0 Å². The Bertz CT molecular complexity index is 994. The number of anilines is 2. The van der Waals surface area contributed by atoms with E-state index in [2.05, 4.69) is 20.4 Å². The first-order valence-corrected chi connectivity index (χ1v) is 12.0. The maximum atomic E-state index is 13.5. The molecule has 0 radical (unpaired) electrons. The highest BCUT2D eigenvalue weighted by Crippen LogP contribution is 2.39. The van der Waals surface area contributed by atoms with E-state index in [-0.39, 0.29) is 35.4 Å².